The van der Waals surface area contributed by atoms with Crippen LogP contribution < -0.4 is 10.6 Å². The number of hydrogen-bond acceptors (Lipinski definition) is 6. The Kier molecular flexibility index (Phi) is 13.9. The van der Waals surface area contributed by atoms with Crippen LogP contribution in [0.2, 0.25) is 0 Å². The number of carbonyl (C=O) groups is 4. The first kappa shape index (κ1) is 36.3. The monoisotopic (exact) mass is 609 g/mol. The second kappa shape index (κ2) is 16.8. The number of unbranched alkanes of at least 4 members (excludes halogenated alkanes) is 2. The summed E-state index contributed by atoms with van der Waals surface area (Å²) in [7, 11) is 0. The molecule has 0 fully saturated rings. The van der Waals surface area contributed by atoms with Crippen molar-refractivity contribution in [2.75, 3.05) is 13.1 Å². The molecule has 0 aliphatic heterocycles. The lowest BCUT2D eigenvalue weighted by Gasteiger charge is -2.33. The highest BCUT2D eigenvalue weighted by atomic mass is 16.6. The van der Waals surface area contributed by atoms with E-state index in [1.807, 2.05) is 61.5 Å². The van der Waals surface area contributed by atoms with Crippen molar-refractivity contribution in [3.8, 4) is 0 Å². The lowest BCUT2D eigenvalue weighted by Crippen LogP contribution is -2.52. The van der Waals surface area contributed by atoms with Gasteiger partial charge in [0.15, 0.2) is 0 Å². The number of aryl methyl sites for hydroxylation is 1. The van der Waals surface area contributed by atoms with Gasteiger partial charge in [-0.25, -0.2) is 9.59 Å². The molecule has 3 amide bonds. The van der Waals surface area contributed by atoms with Crippen LogP contribution in [0.25, 0.3) is 0 Å². The number of nitrogens with zero attached hydrogens (tertiary/aromatic N) is 1. The summed E-state index contributed by atoms with van der Waals surface area (Å²) < 4.78 is 11.0. The van der Waals surface area contributed by atoms with E-state index in [1.54, 1.807) is 41.5 Å². The molecule has 2 atom stereocenters. The number of alkyl carbamates (subject to hydrolysis) is 1. The summed E-state index contributed by atoms with van der Waals surface area (Å²) in [6, 6.07) is 14.9. The van der Waals surface area contributed by atoms with E-state index >= 15 is 0 Å². The summed E-state index contributed by atoms with van der Waals surface area (Å²) in [6.45, 7) is 14.6. The molecule has 2 unspecified atom stereocenters. The molecule has 0 saturated heterocycles. The molecule has 0 bridgehead atoms. The Balaban J connectivity index is 2.48. The van der Waals surface area contributed by atoms with Crippen LogP contribution in [0.3, 0.4) is 0 Å². The first-order valence-electron chi connectivity index (χ1n) is 15.6. The third kappa shape index (κ3) is 12.8. The summed E-state index contributed by atoms with van der Waals surface area (Å²) in [4.78, 5) is 55.2. The van der Waals surface area contributed by atoms with E-state index in [4.69, 9.17) is 9.47 Å². The van der Waals surface area contributed by atoms with Crippen LogP contribution in [0.15, 0.2) is 54.6 Å². The number of rotatable bonds is 14. The summed E-state index contributed by atoms with van der Waals surface area (Å²) in [5, 5.41) is 5.45. The third-order valence-corrected chi connectivity index (χ3v) is 6.66. The van der Waals surface area contributed by atoms with Crippen molar-refractivity contribution in [3.05, 3.63) is 71.3 Å². The second-order valence-electron chi connectivity index (χ2n) is 12.9. The number of carbonyl (C=O) groups excluding carboxylic acids is 4. The molecule has 0 aliphatic rings. The Morgan fingerprint density at radius 2 is 1.41 bits per heavy atom. The van der Waals surface area contributed by atoms with Crippen LogP contribution >= 0.6 is 0 Å². The van der Waals surface area contributed by atoms with Gasteiger partial charge >= 0.3 is 12.1 Å². The minimum absolute atomic E-state index is 0.215. The highest BCUT2D eigenvalue weighted by Gasteiger charge is 2.35. The van der Waals surface area contributed by atoms with E-state index in [9.17, 15) is 19.2 Å². The second-order valence-corrected chi connectivity index (χ2v) is 12.9. The van der Waals surface area contributed by atoms with E-state index < -0.39 is 47.2 Å². The van der Waals surface area contributed by atoms with Crippen LogP contribution in [0.1, 0.15) is 97.4 Å². The summed E-state index contributed by atoms with van der Waals surface area (Å²) in [5.41, 5.74) is 1.04. The Bertz CT molecular complexity index is 1220. The largest absolute Gasteiger partial charge is 0.458 e. The summed E-state index contributed by atoms with van der Waals surface area (Å²) in [5.74, 6) is -1.52. The van der Waals surface area contributed by atoms with Gasteiger partial charge in [-0.15, -0.1) is 0 Å². The lowest BCUT2D eigenvalue weighted by molar-refractivity contribution is -0.159. The zero-order valence-electron chi connectivity index (χ0n) is 27.7. The lowest BCUT2D eigenvalue weighted by atomic mass is 9.99. The topological polar surface area (TPSA) is 114 Å². The van der Waals surface area contributed by atoms with Gasteiger partial charge in [-0.1, -0.05) is 81.3 Å². The highest BCUT2D eigenvalue weighted by molar-refractivity contribution is 5.92. The van der Waals surface area contributed by atoms with Crippen LogP contribution in [0, 0.1) is 0 Å². The van der Waals surface area contributed by atoms with Gasteiger partial charge < -0.3 is 25.0 Å². The van der Waals surface area contributed by atoms with Crippen molar-refractivity contribution in [2.24, 2.45) is 0 Å². The molecule has 242 valence electrons. The molecule has 2 N–H and O–H groups in total. The summed E-state index contributed by atoms with van der Waals surface area (Å²) in [6.07, 6.45) is 2.73. The number of amides is 3. The highest BCUT2D eigenvalue weighted by Crippen LogP contribution is 2.24. The predicted molar refractivity (Wildman–Crippen MR) is 172 cm³/mol. The molecule has 9 nitrogen and oxygen atoms in total. The minimum Gasteiger partial charge on any atom is -0.458 e. The van der Waals surface area contributed by atoms with Crippen LogP contribution in [-0.2, 0) is 36.7 Å². The molecule has 0 aliphatic carbocycles. The molecular weight excluding hydrogens is 558 g/mol. The number of esters is 1. The van der Waals surface area contributed by atoms with Gasteiger partial charge in [0.05, 0.1) is 0 Å². The maximum absolute atomic E-state index is 14.2. The average Bonchev–Trinajstić information content (AvgIpc) is 2.94. The number of nitrogens with one attached hydrogen (secondary N) is 2. The Hall–Kier alpha value is -3.88. The fraction of sp³-hybridized carbons (Fsp3) is 0.543. The molecule has 44 heavy (non-hydrogen) atoms. The van der Waals surface area contributed by atoms with Gasteiger partial charge in [-0.2, -0.15) is 0 Å². The van der Waals surface area contributed by atoms with Gasteiger partial charge in [-0.05, 0) is 71.1 Å². The van der Waals surface area contributed by atoms with Crippen LogP contribution in [-0.4, -0.2) is 59.1 Å². The molecule has 0 saturated carbocycles. The maximum atomic E-state index is 14.2. The number of ether oxygens (including phenoxy) is 2. The van der Waals surface area contributed by atoms with Gasteiger partial charge in [-0.3, -0.25) is 9.59 Å². The van der Waals surface area contributed by atoms with E-state index in [-0.39, 0.29) is 19.5 Å². The smallest absolute Gasteiger partial charge is 0.408 e. The Morgan fingerprint density at radius 3 is 1.95 bits per heavy atom. The van der Waals surface area contributed by atoms with Crippen molar-refractivity contribution >= 4 is 23.9 Å². The quantitative estimate of drug-likeness (QED) is 0.204. The van der Waals surface area contributed by atoms with Crippen molar-refractivity contribution in [1.82, 2.24) is 15.5 Å². The Morgan fingerprint density at radius 1 is 0.795 bits per heavy atom. The SMILES string of the molecule is CCCCCN(C(=O)CNC(=O)OC(C)(C)C)C(C(=O)NC(Cc1ccccc1)C(=O)OC(C)(C)C)c1ccc(CC)cc1. The third-order valence-electron chi connectivity index (χ3n) is 6.66. The molecule has 9 heteroatoms. The maximum Gasteiger partial charge on any atom is 0.408 e. The zero-order valence-corrected chi connectivity index (χ0v) is 27.7. The van der Waals surface area contributed by atoms with Crippen LogP contribution in [0.4, 0.5) is 4.79 Å². The fourth-order valence-corrected chi connectivity index (χ4v) is 4.57. The molecule has 0 heterocycles. The molecule has 2 aromatic carbocycles. The van der Waals surface area contributed by atoms with Crippen LogP contribution in [0.5, 0.6) is 0 Å². The standard InChI is InChI=1S/C35H51N3O6/c1-9-11-15-22-38(29(39)24-36-33(42)44-35(6,7)8)30(27-20-18-25(10-2)19-21-27)31(40)37-28(32(41)43-34(3,4)5)23-26-16-13-12-14-17-26/h12-14,16-21,28,30H,9-11,15,22-24H2,1-8H3,(H,36,42)(H,37,40). The summed E-state index contributed by atoms with van der Waals surface area (Å²) >= 11 is 0. The predicted octanol–water partition coefficient (Wildman–Crippen LogP) is 5.90. The van der Waals surface area contributed by atoms with Crippen molar-refractivity contribution in [3.63, 3.8) is 0 Å². The van der Waals surface area contributed by atoms with Gasteiger partial charge in [0.25, 0.3) is 0 Å². The molecule has 0 aromatic heterocycles. The van der Waals surface area contributed by atoms with Gasteiger partial charge in [0, 0.05) is 13.0 Å². The van der Waals surface area contributed by atoms with Crippen molar-refractivity contribution in [2.45, 2.75) is 111 Å². The Labute approximate surface area is 263 Å². The molecule has 2 aromatic rings. The number of benzene rings is 2. The van der Waals surface area contributed by atoms with Crippen molar-refractivity contribution in [1.29, 1.82) is 0 Å². The molecule has 0 spiro atoms. The van der Waals surface area contributed by atoms with Crippen molar-refractivity contribution < 1.29 is 28.7 Å². The minimum atomic E-state index is -1.05. The van der Waals surface area contributed by atoms with E-state index in [0.717, 1.165) is 30.4 Å². The number of hydrogen-bond donors (Lipinski definition) is 2. The van der Waals surface area contributed by atoms with E-state index in [0.29, 0.717) is 12.0 Å². The van der Waals surface area contributed by atoms with E-state index in [1.165, 1.54) is 4.90 Å². The van der Waals surface area contributed by atoms with Gasteiger partial charge in [0.1, 0.15) is 29.8 Å². The average molecular weight is 610 g/mol. The fourth-order valence-electron chi connectivity index (χ4n) is 4.57. The first-order valence-corrected chi connectivity index (χ1v) is 15.6. The zero-order chi connectivity index (χ0) is 32.9. The normalized spacial score (nSPS) is 12.9. The van der Waals surface area contributed by atoms with E-state index in [2.05, 4.69) is 17.6 Å². The van der Waals surface area contributed by atoms with Gasteiger partial charge in [0.2, 0.25) is 11.8 Å². The molecule has 2 rings (SSSR count). The first-order chi connectivity index (χ1) is 20.6. The molecule has 0 radical (unpaired) electrons. The molecular formula is C35H51N3O6.